The third-order valence-electron chi connectivity index (χ3n) is 17.0. The molecule has 13 aromatic carbocycles. The maximum absolute atomic E-state index is 7.24. The molecule has 0 N–H and O–H groups in total. The second kappa shape index (κ2) is 21.0. The normalized spacial score (nSPS) is 12.1. The van der Waals surface area contributed by atoms with Crippen LogP contribution in [0.1, 0.15) is 12.5 Å². The summed E-state index contributed by atoms with van der Waals surface area (Å²) in [5.74, 6) is 0. The van der Waals surface area contributed by atoms with Gasteiger partial charge in [0.25, 0.3) is 0 Å². The molecule has 0 aliphatic rings. The topological polar surface area (TPSA) is 32.8 Å². The van der Waals surface area contributed by atoms with Gasteiger partial charge in [-0.15, -0.1) is 11.3 Å². The van der Waals surface area contributed by atoms with Gasteiger partial charge in [0.2, 0.25) is 0 Å². The van der Waals surface area contributed by atoms with E-state index < -0.39 is 0 Å². The van der Waals surface area contributed by atoms with E-state index in [1.807, 2.05) is 23.5 Å². The van der Waals surface area contributed by atoms with E-state index in [1.54, 1.807) is 6.08 Å². The molecule has 3 heterocycles. The van der Waals surface area contributed by atoms with E-state index in [4.69, 9.17) is 8.83 Å². The van der Waals surface area contributed by atoms with Crippen LogP contribution < -0.4 is 9.80 Å². The molecular formula is C81H54N2O2S. The predicted molar refractivity (Wildman–Crippen MR) is 368 cm³/mol. The third-order valence-corrected chi connectivity index (χ3v) is 18.2. The van der Waals surface area contributed by atoms with Crippen molar-refractivity contribution in [2.45, 2.75) is 6.92 Å². The molecule has 0 atom stereocenters. The highest BCUT2D eigenvalue weighted by Crippen LogP contribution is 2.53. The number of fused-ring (bicyclic) bond motifs is 13. The Morgan fingerprint density at radius 3 is 1.38 bits per heavy atom. The van der Waals surface area contributed by atoms with Crippen LogP contribution >= 0.6 is 11.3 Å². The Labute approximate surface area is 502 Å². The van der Waals surface area contributed by atoms with Gasteiger partial charge in [-0.3, -0.25) is 0 Å². The molecule has 406 valence electrons. The Balaban J connectivity index is 0.944. The molecular weight excluding hydrogens is 1060 g/mol. The fraction of sp³-hybridized carbons (Fsp3) is 0.0123. The van der Waals surface area contributed by atoms with Crippen molar-refractivity contribution in [3.05, 3.63) is 309 Å². The van der Waals surface area contributed by atoms with Crippen LogP contribution in [0.2, 0.25) is 0 Å². The van der Waals surface area contributed by atoms with Gasteiger partial charge in [0.05, 0.1) is 22.7 Å². The SMILES string of the molecule is C=C/C=C\C=C(/C)c1cccc2c1oc1c(N(c3ccc(-c4ccccc4)cc3)c3cc4c(sc5cc(N(c6ccc(-c7ccccc7)cc6)c6cccc7c6oc6c(-c8ccccc8)cccc67)c6ccccc6c54)c4ccccc34)cccc12. The number of furan rings is 2. The molecule has 0 saturated heterocycles. The van der Waals surface area contributed by atoms with Gasteiger partial charge in [-0.05, 0) is 94.2 Å². The van der Waals surface area contributed by atoms with E-state index in [2.05, 4.69) is 302 Å². The lowest BCUT2D eigenvalue weighted by molar-refractivity contribution is 0.668. The average molecular weight is 1120 g/mol. The van der Waals surface area contributed by atoms with Gasteiger partial charge >= 0.3 is 0 Å². The fourth-order valence-corrected chi connectivity index (χ4v) is 14.2. The first-order valence-corrected chi connectivity index (χ1v) is 30.0. The summed E-state index contributed by atoms with van der Waals surface area (Å²) in [7, 11) is 0. The third kappa shape index (κ3) is 8.43. The Kier molecular flexibility index (Phi) is 12.4. The first-order valence-electron chi connectivity index (χ1n) is 29.2. The summed E-state index contributed by atoms with van der Waals surface area (Å²) in [5.41, 5.74) is 18.4. The van der Waals surface area contributed by atoms with Crippen molar-refractivity contribution in [3.63, 3.8) is 0 Å². The van der Waals surface area contributed by atoms with Crippen molar-refractivity contribution < 1.29 is 8.83 Å². The Morgan fingerprint density at radius 1 is 0.360 bits per heavy atom. The minimum atomic E-state index is 0.818. The Hall–Kier alpha value is -11.0. The van der Waals surface area contributed by atoms with Gasteiger partial charge in [0.15, 0.2) is 11.2 Å². The zero-order valence-electron chi connectivity index (χ0n) is 47.1. The minimum Gasteiger partial charge on any atom is -0.453 e. The molecule has 86 heavy (non-hydrogen) atoms. The van der Waals surface area contributed by atoms with E-state index in [0.29, 0.717) is 0 Å². The van der Waals surface area contributed by atoms with E-state index in [1.165, 1.54) is 42.1 Å². The summed E-state index contributed by atoms with van der Waals surface area (Å²) in [5, 5.41) is 11.3. The quantitative estimate of drug-likeness (QED) is 0.114. The van der Waals surface area contributed by atoms with Crippen LogP contribution in [0.5, 0.6) is 0 Å². The van der Waals surface area contributed by atoms with Gasteiger partial charge < -0.3 is 18.6 Å². The van der Waals surface area contributed by atoms with Crippen LogP contribution in [0, 0.1) is 0 Å². The van der Waals surface area contributed by atoms with Gasteiger partial charge in [-0.1, -0.05) is 255 Å². The monoisotopic (exact) mass is 1120 g/mol. The second-order valence-corrected chi connectivity index (χ2v) is 23.0. The summed E-state index contributed by atoms with van der Waals surface area (Å²) in [6.07, 6.45) is 7.90. The number of anilines is 6. The number of rotatable bonds is 12. The van der Waals surface area contributed by atoms with Crippen molar-refractivity contribution in [1.82, 2.24) is 0 Å². The predicted octanol–water partition coefficient (Wildman–Crippen LogP) is 24.2. The number of thiophene rings is 1. The molecule has 16 aromatic rings. The molecule has 0 radical (unpaired) electrons. The maximum Gasteiger partial charge on any atom is 0.159 e. The molecule has 0 fully saturated rings. The number of nitrogens with zero attached hydrogens (tertiary/aromatic N) is 2. The zero-order valence-corrected chi connectivity index (χ0v) is 47.9. The van der Waals surface area contributed by atoms with E-state index in [-0.39, 0.29) is 0 Å². The van der Waals surface area contributed by atoms with Crippen molar-refractivity contribution in [1.29, 1.82) is 0 Å². The number of para-hydroxylation sites is 4. The molecule has 0 amide bonds. The van der Waals surface area contributed by atoms with E-state index >= 15 is 0 Å². The van der Waals surface area contributed by atoms with Crippen LogP contribution in [0.4, 0.5) is 34.1 Å². The molecule has 0 spiro atoms. The molecule has 0 saturated carbocycles. The average Bonchev–Trinajstić information content (AvgIpc) is 3.30. The van der Waals surface area contributed by atoms with Gasteiger partial charge in [-0.2, -0.15) is 0 Å². The first kappa shape index (κ1) is 50.7. The lowest BCUT2D eigenvalue weighted by Gasteiger charge is -2.28. The van der Waals surface area contributed by atoms with E-state index in [0.717, 1.165) is 122 Å². The number of benzene rings is 13. The van der Waals surface area contributed by atoms with Crippen LogP contribution in [-0.2, 0) is 0 Å². The largest absolute Gasteiger partial charge is 0.453 e. The molecule has 0 unspecified atom stereocenters. The highest BCUT2D eigenvalue weighted by Gasteiger charge is 2.28. The Morgan fingerprint density at radius 2 is 0.802 bits per heavy atom. The summed E-state index contributed by atoms with van der Waals surface area (Å²) >= 11 is 1.86. The van der Waals surface area contributed by atoms with Crippen molar-refractivity contribution in [2.24, 2.45) is 0 Å². The molecule has 16 rings (SSSR count). The first-order chi connectivity index (χ1) is 42.6. The lowest BCUT2D eigenvalue weighted by Crippen LogP contribution is -2.11. The van der Waals surface area contributed by atoms with Crippen LogP contribution in [0.25, 0.3) is 125 Å². The summed E-state index contributed by atoms with van der Waals surface area (Å²) < 4.78 is 16.9. The van der Waals surface area contributed by atoms with Crippen molar-refractivity contribution in [3.8, 4) is 33.4 Å². The number of hydrogen-bond acceptors (Lipinski definition) is 5. The number of allylic oxidation sites excluding steroid dienone is 5. The van der Waals surface area contributed by atoms with Crippen LogP contribution in [-0.4, -0.2) is 0 Å². The molecule has 3 aromatic heterocycles. The van der Waals surface area contributed by atoms with Crippen molar-refractivity contribution >= 4 is 137 Å². The van der Waals surface area contributed by atoms with Gasteiger partial charge in [0.1, 0.15) is 11.2 Å². The smallest absolute Gasteiger partial charge is 0.159 e. The summed E-state index contributed by atoms with van der Waals surface area (Å²) in [6.45, 7) is 6.02. The fourth-order valence-electron chi connectivity index (χ4n) is 13.0. The van der Waals surface area contributed by atoms with Crippen molar-refractivity contribution in [2.75, 3.05) is 9.80 Å². The molecule has 0 bridgehead atoms. The standard InChI is InChI=1S/C81H54N2O2S/c1-3-4-8-23-52(2)60-34-19-36-65-67-38-21-40-71(79(67)84-77(60)65)82(58-46-42-55(43-47-58)53-24-9-5-10-25-53)73-50-70-76-64-32-17-15-30-62(64)74(51-75(76)86-81(70)69-33-18-16-31-63(69)73)83(59-48-44-56(45-49-59)54-26-11-6-12-27-54)72-41-22-39-68-66-37-20-35-61(78(66)85-80(68)72)57-28-13-7-14-29-57/h3-51H,1H2,2H3/b8-4-,52-23+. The van der Waals surface area contributed by atoms with Crippen LogP contribution in [0.3, 0.4) is 0 Å². The number of hydrogen-bond donors (Lipinski definition) is 0. The maximum atomic E-state index is 7.24. The Bertz CT molecular complexity index is 5360. The molecule has 5 heteroatoms. The molecule has 0 aliphatic heterocycles. The highest BCUT2D eigenvalue weighted by atomic mass is 32.1. The lowest BCUT2D eigenvalue weighted by atomic mass is 9.97. The second-order valence-electron chi connectivity index (χ2n) is 21.9. The summed E-state index contributed by atoms with van der Waals surface area (Å²) in [6, 6.07) is 98.6. The van der Waals surface area contributed by atoms with E-state index in [9.17, 15) is 0 Å². The molecule has 4 nitrogen and oxygen atoms in total. The molecule has 0 aliphatic carbocycles. The zero-order chi connectivity index (χ0) is 57.2. The highest BCUT2D eigenvalue weighted by molar-refractivity contribution is 7.27. The van der Waals surface area contributed by atoms with Gasteiger partial charge in [0, 0.05) is 80.4 Å². The minimum absolute atomic E-state index is 0.818. The summed E-state index contributed by atoms with van der Waals surface area (Å²) in [4.78, 5) is 4.85. The van der Waals surface area contributed by atoms with Gasteiger partial charge in [-0.25, -0.2) is 0 Å². The van der Waals surface area contributed by atoms with Crippen LogP contribution in [0.15, 0.2) is 313 Å².